The Labute approximate surface area is 106 Å². The molecule has 1 heteroatoms. The third-order valence-electron chi connectivity index (χ3n) is 4.47. The molecular weight excluding hydrogens is 206 g/mol. The third-order valence-corrected chi connectivity index (χ3v) is 4.47. The van der Waals surface area contributed by atoms with Gasteiger partial charge in [0.25, 0.3) is 0 Å². The number of rotatable bonds is 2. The van der Waals surface area contributed by atoms with E-state index in [0.717, 1.165) is 5.92 Å². The van der Waals surface area contributed by atoms with Crippen LogP contribution in [0.4, 0.5) is 0 Å². The quantitative estimate of drug-likeness (QED) is 0.822. The molecule has 94 valence electrons. The van der Waals surface area contributed by atoms with E-state index < -0.39 is 0 Å². The van der Waals surface area contributed by atoms with Gasteiger partial charge in [0.15, 0.2) is 0 Å². The minimum atomic E-state index is 0.884. The lowest BCUT2D eigenvalue weighted by molar-refractivity contribution is 0.371. The number of piperidine rings is 1. The van der Waals surface area contributed by atoms with E-state index in [4.69, 9.17) is 0 Å². The SMILES string of the molecule is Cc1cc(C)c(C)c(CC2CCNCC2)c1C. The van der Waals surface area contributed by atoms with Crippen LogP contribution in [-0.2, 0) is 6.42 Å². The van der Waals surface area contributed by atoms with E-state index in [9.17, 15) is 0 Å². The van der Waals surface area contributed by atoms with Crippen molar-refractivity contribution in [3.8, 4) is 0 Å². The second kappa shape index (κ2) is 5.22. The van der Waals surface area contributed by atoms with Crippen LogP contribution in [0.25, 0.3) is 0 Å². The van der Waals surface area contributed by atoms with Gasteiger partial charge in [0, 0.05) is 0 Å². The highest BCUT2D eigenvalue weighted by atomic mass is 14.9. The Balaban J connectivity index is 2.24. The van der Waals surface area contributed by atoms with Crippen LogP contribution in [0.1, 0.15) is 40.7 Å². The van der Waals surface area contributed by atoms with Crippen molar-refractivity contribution in [2.45, 2.75) is 47.0 Å². The van der Waals surface area contributed by atoms with Crippen LogP contribution in [0, 0.1) is 33.6 Å². The molecular formula is C16H25N. The largest absolute Gasteiger partial charge is 0.317 e. The van der Waals surface area contributed by atoms with Crippen molar-refractivity contribution in [2.75, 3.05) is 13.1 Å². The summed E-state index contributed by atoms with van der Waals surface area (Å²) in [5.74, 6) is 0.884. The van der Waals surface area contributed by atoms with Crippen LogP contribution in [0.5, 0.6) is 0 Å². The lowest BCUT2D eigenvalue weighted by Crippen LogP contribution is -2.29. The average molecular weight is 231 g/mol. The zero-order valence-corrected chi connectivity index (χ0v) is 11.7. The highest BCUT2D eigenvalue weighted by Crippen LogP contribution is 2.26. The molecule has 1 saturated heterocycles. The lowest BCUT2D eigenvalue weighted by Gasteiger charge is -2.25. The van der Waals surface area contributed by atoms with Crippen LogP contribution in [0.15, 0.2) is 6.07 Å². The third kappa shape index (κ3) is 2.71. The van der Waals surface area contributed by atoms with Crippen LogP contribution in [0.3, 0.4) is 0 Å². The second-order valence-electron chi connectivity index (χ2n) is 5.64. The van der Waals surface area contributed by atoms with Crippen molar-refractivity contribution < 1.29 is 0 Å². The maximum Gasteiger partial charge on any atom is -0.00462 e. The molecule has 17 heavy (non-hydrogen) atoms. The van der Waals surface area contributed by atoms with Crippen molar-refractivity contribution in [1.29, 1.82) is 0 Å². The van der Waals surface area contributed by atoms with Gasteiger partial charge in [0.05, 0.1) is 0 Å². The Morgan fingerprint density at radius 2 is 1.53 bits per heavy atom. The van der Waals surface area contributed by atoms with Gasteiger partial charge in [0.2, 0.25) is 0 Å². The maximum absolute atomic E-state index is 3.45. The van der Waals surface area contributed by atoms with Crippen molar-refractivity contribution in [2.24, 2.45) is 5.92 Å². The first-order valence-corrected chi connectivity index (χ1v) is 6.86. The van der Waals surface area contributed by atoms with E-state index in [-0.39, 0.29) is 0 Å². The van der Waals surface area contributed by atoms with Crippen LogP contribution < -0.4 is 5.32 Å². The van der Waals surface area contributed by atoms with E-state index in [1.165, 1.54) is 54.6 Å². The highest BCUT2D eigenvalue weighted by Gasteiger charge is 2.17. The average Bonchev–Trinajstić information content (AvgIpc) is 2.33. The van der Waals surface area contributed by atoms with Gasteiger partial charge < -0.3 is 5.32 Å². The predicted octanol–water partition coefficient (Wildman–Crippen LogP) is 3.46. The van der Waals surface area contributed by atoms with E-state index in [0.29, 0.717) is 0 Å². The van der Waals surface area contributed by atoms with Crippen molar-refractivity contribution in [3.63, 3.8) is 0 Å². The molecule has 0 spiro atoms. The normalized spacial score (nSPS) is 17.4. The summed E-state index contributed by atoms with van der Waals surface area (Å²) in [6.45, 7) is 11.5. The minimum Gasteiger partial charge on any atom is -0.317 e. The summed E-state index contributed by atoms with van der Waals surface area (Å²) in [4.78, 5) is 0. The van der Waals surface area contributed by atoms with Crippen LogP contribution >= 0.6 is 0 Å². The predicted molar refractivity (Wildman–Crippen MR) is 74.7 cm³/mol. The first-order valence-electron chi connectivity index (χ1n) is 6.86. The second-order valence-corrected chi connectivity index (χ2v) is 5.64. The number of benzene rings is 1. The molecule has 1 aromatic carbocycles. The Bertz CT molecular complexity index is 374. The molecule has 1 aliphatic heterocycles. The molecule has 1 N–H and O–H groups in total. The summed E-state index contributed by atoms with van der Waals surface area (Å²) in [7, 11) is 0. The molecule has 0 unspecified atom stereocenters. The fraction of sp³-hybridized carbons (Fsp3) is 0.625. The Kier molecular flexibility index (Phi) is 3.88. The van der Waals surface area contributed by atoms with Gasteiger partial charge in [-0.05, 0) is 93.8 Å². The molecule has 1 fully saturated rings. The van der Waals surface area contributed by atoms with E-state index in [2.05, 4.69) is 39.1 Å². The zero-order valence-electron chi connectivity index (χ0n) is 11.7. The molecule has 0 aliphatic carbocycles. The molecule has 1 nitrogen and oxygen atoms in total. The van der Waals surface area contributed by atoms with E-state index in [1.807, 2.05) is 0 Å². The van der Waals surface area contributed by atoms with Gasteiger partial charge in [-0.2, -0.15) is 0 Å². The van der Waals surface area contributed by atoms with Gasteiger partial charge in [-0.3, -0.25) is 0 Å². The standard InChI is InChI=1S/C16H25N/c1-11-9-12(2)14(4)16(13(11)3)10-15-5-7-17-8-6-15/h9,15,17H,5-8,10H2,1-4H3. The monoisotopic (exact) mass is 231 g/mol. The number of hydrogen-bond donors (Lipinski definition) is 1. The molecule has 0 amide bonds. The molecule has 0 radical (unpaired) electrons. The molecule has 0 aromatic heterocycles. The van der Waals surface area contributed by atoms with Gasteiger partial charge in [-0.15, -0.1) is 0 Å². The highest BCUT2D eigenvalue weighted by molar-refractivity contribution is 5.44. The molecule has 1 heterocycles. The molecule has 0 saturated carbocycles. The van der Waals surface area contributed by atoms with E-state index in [1.54, 1.807) is 5.56 Å². The van der Waals surface area contributed by atoms with Crippen molar-refractivity contribution in [1.82, 2.24) is 5.32 Å². The maximum atomic E-state index is 3.45. The Morgan fingerprint density at radius 1 is 1.00 bits per heavy atom. The van der Waals surface area contributed by atoms with Gasteiger partial charge >= 0.3 is 0 Å². The molecule has 0 atom stereocenters. The van der Waals surface area contributed by atoms with Gasteiger partial charge in [0.1, 0.15) is 0 Å². The smallest absolute Gasteiger partial charge is 0.00462 e. The molecule has 2 rings (SSSR count). The van der Waals surface area contributed by atoms with Crippen LogP contribution in [0.2, 0.25) is 0 Å². The topological polar surface area (TPSA) is 12.0 Å². The number of aryl methyl sites for hydroxylation is 2. The van der Waals surface area contributed by atoms with E-state index >= 15 is 0 Å². The van der Waals surface area contributed by atoms with Crippen LogP contribution in [-0.4, -0.2) is 13.1 Å². The molecule has 1 aromatic rings. The summed E-state index contributed by atoms with van der Waals surface area (Å²) < 4.78 is 0. The Hall–Kier alpha value is -0.820. The molecule has 1 aliphatic rings. The summed E-state index contributed by atoms with van der Waals surface area (Å²) >= 11 is 0. The van der Waals surface area contributed by atoms with Crippen molar-refractivity contribution >= 4 is 0 Å². The van der Waals surface area contributed by atoms with Crippen molar-refractivity contribution in [3.05, 3.63) is 33.9 Å². The zero-order chi connectivity index (χ0) is 12.4. The Morgan fingerprint density at radius 3 is 2.06 bits per heavy atom. The first kappa shape index (κ1) is 12.6. The summed E-state index contributed by atoms with van der Waals surface area (Å²) in [5.41, 5.74) is 7.57. The fourth-order valence-corrected chi connectivity index (χ4v) is 2.98. The number of nitrogens with one attached hydrogen (secondary N) is 1. The first-order chi connectivity index (χ1) is 8.09. The summed E-state index contributed by atoms with van der Waals surface area (Å²) in [6.07, 6.45) is 3.96. The fourth-order valence-electron chi connectivity index (χ4n) is 2.98. The van der Waals surface area contributed by atoms with Gasteiger partial charge in [-0.1, -0.05) is 6.07 Å². The minimum absolute atomic E-state index is 0.884. The number of hydrogen-bond acceptors (Lipinski definition) is 1. The van der Waals surface area contributed by atoms with Gasteiger partial charge in [-0.25, -0.2) is 0 Å². The summed E-state index contributed by atoms with van der Waals surface area (Å²) in [6, 6.07) is 2.33. The summed E-state index contributed by atoms with van der Waals surface area (Å²) in [5, 5.41) is 3.45. The lowest BCUT2D eigenvalue weighted by atomic mass is 9.84. The molecule has 0 bridgehead atoms.